The zero-order chi connectivity index (χ0) is 6.95. The Bertz CT molecular complexity index is 64.3. The largest absolute Gasteiger partial charge is 0.303 e. The Morgan fingerprint density at radius 1 is 1.10 bits per heavy atom. The average molecular weight is 184 g/mol. The normalized spacial score (nSPS) is 8.50. The van der Waals surface area contributed by atoms with E-state index >= 15 is 0 Å². The molecule has 0 aliphatic carbocycles. The first-order chi connectivity index (χ1) is 4.41. The average Bonchev–Trinajstić information content (AvgIpc) is 1.89. The summed E-state index contributed by atoms with van der Waals surface area (Å²) >= 11 is 0. The summed E-state index contributed by atoms with van der Waals surface area (Å²) in [5.74, 6) is 0. The van der Waals surface area contributed by atoms with Gasteiger partial charge in [-0.25, -0.2) is 0 Å². The Kier molecular flexibility index (Phi) is 15.3. The Balaban J connectivity index is 0. The molecule has 0 rings (SSSR count). The van der Waals surface area contributed by atoms with Gasteiger partial charge in [-0.1, -0.05) is 32.6 Å². The van der Waals surface area contributed by atoms with Crippen LogP contribution in [0.25, 0.3) is 0 Å². The van der Waals surface area contributed by atoms with Gasteiger partial charge in [-0.05, 0) is 6.42 Å². The molecule has 10 heavy (non-hydrogen) atoms. The standard InChI is InChI=1S/C8H16O.Fe/c1-2-3-4-5-6-7-8-9;/h8H,2-7H2,1H3;. The maximum atomic E-state index is 9.84. The molecule has 0 aromatic heterocycles. The molecular weight excluding hydrogens is 168 g/mol. The van der Waals surface area contributed by atoms with Crippen LogP contribution < -0.4 is 0 Å². The zero-order valence-corrected chi connectivity index (χ0v) is 7.69. The third-order valence-electron chi connectivity index (χ3n) is 1.43. The second-order valence-electron chi connectivity index (χ2n) is 2.37. The van der Waals surface area contributed by atoms with Gasteiger partial charge >= 0.3 is 0 Å². The molecular formula is C8H16FeO. The van der Waals surface area contributed by atoms with Gasteiger partial charge in [0.15, 0.2) is 0 Å². The van der Waals surface area contributed by atoms with Crippen LogP contribution in [-0.4, -0.2) is 6.29 Å². The maximum absolute atomic E-state index is 9.84. The number of aldehydes is 1. The van der Waals surface area contributed by atoms with E-state index in [9.17, 15) is 4.79 Å². The summed E-state index contributed by atoms with van der Waals surface area (Å²) in [6.07, 6.45) is 7.97. The van der Waals surface area contributed by atoms with Crippen molar-refractivity contribution in [3.63, 3.8) is 0 Å². The van der Waals surface area contributed by atoms with Crippen LogP contribution in [0.4, 0.5) is 0 Å². The first-order valence-electron chi connectivity index (χ1n) is 3.85. The van der Waals surface area contributed by atoms with Crippen LogP contribution in [0, 0.1) is 0 Å². The van der Waals surface area contributed by atoms with E-state index in [1.54, 1.807) is 0 Å². The molecule has 62 valence electrons. The van der Waals surface area contributed by atoms with Crippen molar-refractivity contribution in [1.29, 1.82) is 0 Å². The van der Waals surface area contributed by atoms with Gasteiger partial charge in [0.05, 0.1) is 0 Å². The number of rotatable bonds is 6. The minimum Gasteiger partial charge on any atom is -0.303 e. The van der Waals surface area contributed by atoms with Gasteiger partial charge in [0.1, 0.15) is 6.29 Å². The van der Waals surface area contributed by atoms with Crippen molar-refractivity contribution in [1.82, 2.24) is 0 Å². The molecule has 0 aromatic rings. The Labute approximate surface area is 74.1 Å². The Morgan fingerprint density at radius 2 is 1.70 bits per heavy atom. The fourth-order valence-electron chi connectivity index (χ4n) is 0.831. The van der Waals surface area contributed by atoms with E-state index in [0.717, 1.165) is 19.1 Å². The molecule has 0 radical (unpaired) electrons. The molecule has 0 bridgehead atoms. The summed E-state index contributed by atoms with van der Waals surface area (Å²) in [6, 6.07) is 0. The van der Waals surface area contributed by atoms with Crippen molar-refractivity contribution in [2.45, 2.75) is 45.4 Å². The summed E-state index contributed by atoms with van der Waals surface area (Å²) < 4.78 is 0. The van der Waals surface area contributed by atoms with E-state index in [-0.39, 0.29) is 17.1 Å². The Morgan fingerprint density at radius 3 is 2.20 bits per heavy atom. The van der Waals surface area contributed by atoms with Gasteiger partial charge in [-0.15, -0.1) is 0 Å². The summed E-state index contributed by atoms with van der Waals surface area (Å²) in [4.78, 5) is 9.84. The Hall–Kier alpha value is 0.189. The summed E-state index contributed by atoms with van der Waals surface area (Å²) in [5.41, 5.74) is 0. The van der Waals surface area contributed by atoms with Crippen LogP contribution in [0.5, 0.6) is 0 Å². The van der Waals surface area contributed by atoms with Gasteiger partial charge in [0, 0.05) is 23.5 Å². The smallest absolute Gasteiger partial charge is 0.119 e. The van der Waals surface area contributed by atoms with Crippen molar-refractivity contribution in [3.8, 4) is 0 Å². The maximum Gasteiger partial charge on any atom is 0.119 e. The molecule has 0 fully saturated rings. The number of carbonyl (C=O) groups is 1. The third kappa shape index (κ3) is 11.0. The summed E-state index contributed by atoms with van der Waals surface area (Å²) in [7, 11) is 0. The first kappa shape index (κ1) is 12.8. The van der Waals surface area contributed by atoms with Crippen molar-refractivity contribution < 1.29 is 21.9 Å². The molecule has 0 aliphatic rings. The van der Waals surface area contributed by atoms with E-state index in [2.05, 4.69) is 6.92 Å². The number of hydrogen-bond acceptors (Lipinski definition) is 1. The predicted molar refractivity (Wildman–Crippen MR) is 39.4 cm³/mol. The second kappa shape index (κ2) is 11.9. The van der Waals surface area contributed by atoms with Gasteiger partial charge in [-0.3, -0.25) is 0 Å². The number of hydrogen-bond donors (Lipinski definition) is 0. The molecule has 0 atom stereocenters. The fraction of sp³-hybridized carbons (Fsp3) is 0.875. The van der Waals surface area contributed by atoms with E-state index in [4.69, 9.17) is 0 Å². The minimum atomic E-state index is 0. The van der Waals surface area contributed by atoms with Crippen LogP contribution in [-0.2, 0) is 21.9 Å². The molecule has 0 amide bonds. The molecule has 0 saturated carbocycles. The second-order valence-corrected chi connectivity index (χ2v) is 2.37. The van der Waals surface area contributed by atoms with E-state index < -0.39 is 0 Å². The predicted octanol–water partition coefficient (Wildman–Crippen LogP) is 2.54. The zero-order valence-electron chi connectivity index (χ0n) is 6.58. The quantitative estimate of drug-likeness (QED) is 0.352. The minimum absolute atomic E-state index is 0. The molecule has 0 aromatic carbocycles. The van der Waals surface area contributed by atoms with E-state index in [1.807, 2.05) is 0 Å². The molecule has 0 N–H and O–H groups in total. The van der Waals surface area contributed by atoms with Crippen molar-refractivity contribution in [2.75, 3.05) is 0 Å². The van der Waals surface area contributed by atoms with Crippen LogP contribution in [0.3, 0.4) is 0 Å². The first-order valence-corrected chi connectivity index (χ1v) is 3.85. The molecule has 0 aliphatic heterocycles. The van der Waals surface area contributed by atoms with Gasteiger partial charge < -0.3 is 4.79 Å². The summed E-state index contributed by atoms with van der Waals surface area (Å²) in [5, 5.41) is 0. The fourth-order valence-corrected chi connectivity index (χ4v) is 0.831. The van der Waals surface area contributed by atoms with Gasteiger partial charge in [0.25, 0.3) is 0 Å². The molecule has 0 saturated heterocycles. The van der Waals surface area contributed by atoms with Gasteiger partial charge in [0.2, 0.25) is 0 Å². The van der Waals surface area contributed by atoms with Gasteiger partial charge in [-0.2, -0.15) is 0 Å². The number of unbranched alkanes of at least 4 members (excludes halogenated alkanes) is 5. The molecule has 0 heterocycles. The monoisotopic (exact) mass is 184 g/mol. The molecule has 0 spiro atoms. The van der Waals surface area contributed by atoms with E-state index in [0.29, 0.717) is 0 Å². The topological polar surface area (TPSA) is 17.1 Å². The molecule has 2 heteroatoms. The van der Waals surface area contributed by atoms with Crippen LogP contribution in [0.2, 0.25) is 0 Å². The summed E-state index contributed by atoms with van der Waals surface area (Å²) in [6.45, 7) is 2.19. The SMILES string of the molecule is CCCCCCCC=O.[Fe]. The molecule has 1 nitrogen and oxygen atoms in total. The van der Waals surface area contributed by atoms with Crippen molar-refractivity contribution in [3.05, 3.63) is 0 Å². The van der Waals surface area contributed by atoms with Crippen LogP contribution in [0.1, 0.15) is 45.4 Å². The van der Waals surface area contributed by atoms with Crippen LogP contribution >= 0.6 is 0 Å². The third-order valence-corrected chi connectivity index (χ3v) is 1.43. The van der Waals surface area contributed by atoms with Crippen LogP contribution in [0.15, 0.2) is 0 Å². The van der Waals surface area contributed by atoms with Crippen molar-refractivity contribution in [2.24, 2.45) is 0 Å². The van der Waals surface area contributed by atoms with E-state index in [1.165, 1.54) is 25.7 Å². The molecule has 0 unspecified atom stereocenters. The number of carbonyl (C=O) groups excluding carboxylic acids is 1. The van der Waals surface area contributed by atoms with Crippen molar-refractivity contribution >= 4 is 6.29 Å².